The number of carbonyl (C=O) groups is 1. The molecule has 0 bridgehead atoms. The predicted octanol–water partition coefficient (Wildman–Crippen LogP) is 5.10. The Hall–Kier alpha value is -2.79. The number of Topliss-reactive ketones (excluding diaryl/α,β-unsaturated/α-hetero) is 1. The van der Waals surface area contributed by atoms with E-state index in [2.05, 4.69) is 36.4 Å². The summed E-state index contributed by atoms with van der Waals surface area (Å²) in [7, 11) is 0. The number of ketones is 1. The summed E-state index contributed by atoms with van der Waals surface area (Å²) in [6.07, 6.45) is -0.379. The van der Waals surface area contributed by atoms with E-state index < -0.39 is 17.5 Å². The van der Waals surface area contributed by atoms with Crippen LogP contribution >= 0.6 is 0 Å². The van der Waals surface area contributed by atoms with Crippen LogP contribution in [-0.2, 0) is 24.6 Å². The summed E-state index contributed by atoms with van der Waals surface area (Å²) in [6.45, 7) is 4.10. The Kier molecular flexibility index (Phi) is 5.46. The van der Waals surface area contributed by atoms with E-state index in [1.807, 2.05) is 68.4 Å². The van der Waals surface area contributed by atoms with E-state index in [-0.39, 0.29) is 17.8 Å². The monoisotopic (exact) mass is 428 g/mol. The van der Waals surface area contributed by atoms with Crippen LogP contribution in [0.15, 0.2) is 91.0 Å². The summed E-state index contributed by atoms with van der Waals surface area (Å²) < 4.78 is 18.9. The van der Waals surface area contributed by atoms with Crippen molar-refractivity contribution < 1.29 is 19.0 Å². The van der Waals surface area contributed by atoms with E-state index in [0.29, 0.717) is 13.0 Å². The summed E-state index contributed by atoms with van der Waals surface area (Å²) >= 11 is 0. The standard InChI is InChI=1S/C28H28O4/c1-27(2)31-25-20(18-24(29)26(25)32-27)19-30-28(21-12-6-3-7-13-21,22-14-8-4-9-15-22)23-16-10-5-11-17-23/h3-17,20,25-26H,18-19H2,1-2H3/t20-,25-,26+/m1/s1. The molecule has 1 aliphatic carbocycles. The molecule has 5 rings (SSSR count). The summed E-state index contributed by atoms with van der Waals surface area (Å²) in [5.41, 5.74) is 2.33. The molecule has 0 N–H and O–H groups in total. The Labute approximate surface area is 189 Å². The summed E-state index contributed by atoms with van der Waals surface area (Å²) in [5.74, 6) is -0.720. The molecule has 2 aliphatic rings. The number of hydrogen-bond acceptors (Lipinski definition) is 4. The highest BCUT2D eigenvalue weighted by atomic mass is 16.8. The van der Waals surface area contributed by atoms with Gasteiger partial charge in [0.15, 0.2) is 11.6 Å². The number of carbonyl (C=O) groups excluding carboxylic acids is 1. The quantitative estimate of drug-likeness (QED) is 0.512. The second kappa shape index (κ2) is 8.28. The average Bonchev–Trinajstić information content (AvgIpc) is 3.29. The third kappa shape index (κ3) is 3.69. The first-order valence-electron chi connectivity index (χ1n) is 11.2. The van der Waals surface area contributed by atoms with Gasteiger partial charge >= 0.3 is 0 Å². The van der Waals surface area contributed by atoms with Gasteiger partial charge in [0, 0.05) is 12.3 Å². The third-order valence-corrected chi connectivity index (χ3v) is 6.43. The maximum absolute atomic E-state index is 12.6. The van der Waals surface area contributed by atoms with E-state index >= 15 is 0 Å². The molecule has 3 aromatic rings. The topological polar surface area (TPSA) is 44.8 Å². The summed E-state index contributed by atoms with van der Waals surface area (Å²) in [6, 6.07) is 30.8. The van der Waals surface area contributed by atoms with Crippen LogP contribution in [0.3, 0.4) is 0 Å². The minimum Gasteiger partial charge on any atom is -0.360 e. The van der Waals surface area contributed by atoms with Crippen LogP contribution in [0.4, 0.5) is 0 Å². The molecule has 0 aromatic heterocycles. The Bertz CT molecular complexity index is 966. The van der Waals surface area contributed by atoms with Gasteiger partial charge in [-0.1, -0.05) is 91.0 Å². The minimum atomic E-state index is -0.806. The molecule has 0 radical (unpaired) electrons. The highest BCUT2D eigenvalue weighted by Gasteiger charge is 2.54. The Morgan fingerprint density at radius 2 is 1.28 bits per heavy atom. The Balaban J connectivity index is 1.56. The molecular weight excluding hydrogens is 400 g/mol. The maximum Gasteiger partial charge on any atom is 0.164 e. The molecule has 1 aliphatic heterocycles. The molecule has 2 fully saturated rings. The molecule has 0 unspecified atom stereocenters. The van der Waals surface area contributed by atoms with Crippen LogP contribution in [0.2, 0.25) is 0 Å². The van der Waals surface area contributed by atoms with E-state index in [0.717, 1.165) is 16.7 Å². The average molecular weight is 429 g/mol. The Morgan fingerprint density at radius 3 is 1.75 bits per heavy atom. The van der Waals surface area contributed by atoms with Gasteiger partial charge in [-0.2, -0.15) is 0 Å². The van der Waals surface area contributed by atoms with Gasteiger partial charge in [0.2, 0.25) is 0 Å². The van der Waals surface area contributed by atoms with Crippen LogP contribution in [0.25, 0.3) is 0 Å². The zero-order valence-electron chi connectivity index (χ0n) is 18.4. The summed E-state index contributed by atoms with van der Waals surface area (Å²) in [4.78, 5) is 12.6. The van der Waals surface area contributed by atoms with Crippen molar-refractivity contribution in [3.63, 3.8) is 0 Å². The van der Waals surface area contributed by atoms with Crippen LogP contribution in [0.1, 0.15) is 37.0 Å². The molecule has 3 aromatic carbocycles. The predicted molar refractivity (Wildman–Crippen MR) is 122 cm³/mol. The van der Waals surface area contributed by atoms with Crippen LogP contribution in [0, 0.1) is 5.92 Å². The molecule has 1 saturated carbocycles. The smallest absolute Gasteiger partial charge is 0.164 e. The molecule has 164 valence electrons. The fourth-order valence-electron chi connectivity index (χ4n) is 5.03. The van der Waals surface area contributed by atoms with Crippen molar-refractivity contribution >= 4 is 5.78 Å². The van der Waals surface area contributed by atoms with E-state index in [1.54, 1.807) is 0 Å². The van der Waals surface area contributed by atoms with Crippen molar-refractivity contribution in [3.05, 3.63) is 108 Å². The molecule has 4 nitrogen and oxygen atoms in total. The highest BCUT2D eigenvalue weighted by Crippen LogP contribution is 2.44. The first-order chi connectivity index (χ1) is 15.5. The van der Waals surface area contributed by atoms with Crippen LogP contribution in [-0.4, -0.2) is 30.4 Å². The largest absolute Gasteiger partial charge is 0.360 e. The lowest BCUT2D eigenvalue weighted by molar-refractivity contribution is -0.166. The van der Waals surface area contributed by atoms with Crippen LogP contribution < -0.4 is 0 Å². The number of fused-ring (bicyclic) bond motifs is 1. The molecule has 0 spiro atoms. The van der Waals surface area contributed by atoms with Crippen molar-refractivity contribution in [3.8, 4) is 0 Å². The maximum atomic E-state index is 12.6. The van der Waals surface area contributed by atoms with E-state index in [1.165, 1.54) is 0 Å². The lowest BCUT2D eigenvalue weighted by Crippen LogP contribution is -2.37. The first-order valence-corrected chi connectivity index (χ1v) is 11.2. The highest BCUT2D eigenvalue weighted by molar-refractivity contribution is 5.87. The lowest BCUT2D eigenvalue weighted by Gasteiger charge is -2.37. The van der Waals surface area contributed by atoms with E-state index in [4.69, 9.17) is 14.2 Å². The number of ether oxygens (including phenoxy) is 3. The molecule has 32 heavy (non-hydrogen) atoms. The first kappa shape index (κ1) is 21.1. The van der Waals surface area contributed by atoms with Crippen molar-refractivity contribution in [2.75, 3.05) is 6.61 Å². The molecule has 1 saturated heterocycles. The van der Waals surface area contributed by atoms with Crippen molar-refractivity contribution in [1.82, 2.24) is 0 Å². The fourth-order valence-corrected chi connectivity index (χ4v) is 5.03. The zero-order chi connectivity index (χ0) is 22.2. The van der Waals surface area contributed by atoms with Gasteiger partial charge in [-0.25, -0.2) is 0 Å². The second-order valence-electron chi connectivity index (χ2n) is 9.04. The molecule has 1 heterocycles. The van der Waals surface area contributed by atoms with Crippen molar-refractivity contribution in [2.45, 2.75) is 43.9 Å². The van der Waals surface area contributed by atoms with E-state index in [9.17, 15) is 4.79 Å². The Morgan fingerprint density at radius 1 is 0.812 bits per heavy atom. The molecule has 0 amide bonds. The lowest BCUT2D eigenvalue weighted by atomic mass is 9.80. The van der Waals surface area contributed by atoms with Crippen molar-refractivity contribution in [2.24, 2.45) is 5.92 Å². The SMILES string of the molecule is CC1(C)O[C@@H]2[C@@H](COC(c3ccccc3)(c3ccccc3)c3ccccc3)CC(=O)[C@@H]2O1. The van der Waals surface area contributed by atoms with Gasteiger partial charge in [-0.15, -0.1) is 0 Å². The van der Waals surface area contributed by atoms with Gasteiger partial charge < -0.3 is 14.2 Å². The number of rotatable bonds is 6. The fraction of sp³-hybridized carbons (Fsp3) is 0.321. The molecule has 3 atom stereocenters. The second-order valence-corrected chi connectivity index (χ2v) is 9.04. The van der Waals surface area contributed by atoms with Gasteiger partial charge in [0.25, 0.3) is 0 Å². The van der Waals surface area contributed by atoms with Gasteiger partial charge in [0.05, 0.1) is 12.7 Å². The summed E-state index contributed by atoms with van der Waals surface area (Å²) in [5, 5.41) is 0. The van der Waals surface area contributed by atoms with Crippen LogP contribution in [0.5, 0.6) is 0 Å². The normalized spacial score (nSPS) is 24.4. The van der Waals surface area contributed by atoms with Gasteiger partial charge in [0.1, 0.15) is 11.7 Å². The number of benzene rings is 3. The van der Waals surface area contributed by atoms with Crippen molar-refractivity contribution in [1.29, 1.82) is 0 Å². The zero-order valence-corrected chi connectivity index (χ0v) is 18.4. The number of hydrogen-bond donors (Lipinski definition) is 0. The minimum absolute atomic E-state index is 0.0650. The van der Waals surface area contributed by atoms with Gasteiger partial charge in [-0.3, -0.25) is 4.79 Å². The molecule has 4 heteroatoms. The third-order valence-electron chi connectivity index (χ3n) is 6.43. The molecular formula is C28H28O4. The van der Waals surface area contributed by atoms with Gasteiger partial charge in [-0.05, 0) is 30.5 Å².